The van der Waals surface area contributed by atoms with Crippen LogP contribution >= 0.6 is 0 Å². The van der Waals surface area contributed by atoms with E-state index in [1.165, 1.54) is 77.3 Å². The summed E-state index contributed by atoms with van der Waals surface area (Å²) >= 11 is 0. The Labute approximate surface area is 150 Å². The van der Waals surface area contributed by atoms with Gasteiger partial charge in [-0.05, 0) is 32.1 Å². The average molecular weight is 346 g/mol. The van der Waals surface area contributed by atoms with Gasteiger partial charge in [0.15, 0.2) is 0 Å². The number of carbonyl (C=O) groups is 1. The van der Waals surface area contributed by atoms with Crippen LogP contribution in [-0.2, 0) is 4.79 Å². The van der Waals surface area contributed by atoms with Gasteiger partial charge in [-0.2, -0.15) is 0 Å². The molecule has 0 aliphatic heterocycles. The first kappa shape index (κ1) is 25.6. The highest BCUT2D eigenvalue weighted by molar-refractivity contribution is 5.66. The molecule has 0 fully saturated rings. The maximum atomic E-state index is 10.5. The van der Waals surface area contributed by atoms with Gasteiger partial charge >= 0.3 is 5.97 Å². The van der Waals surface area contributed by atoms with Gasteiger partial charge in [-0.1, -0.05) is 58.3 Å². The van der Waals surface area contributed by atoms with E-state index in [0.29, 0.717) is 6.42 Å². The fourth-order valence-electron chi connectivity index (χ4n) is 3.13. The number of unbranched alkanes of at least 4 members (excludes halogenated alkanes) is 11. The number of rotatable bonds is 17. The summed E-state index contributed by atoms with van der Waals surface area (Å²) in [6.45, 7) is 4.71. The maximum Gasteiger partial charge on any atom is 0.303 e. The third kappa shape index (κ3) is 19.4. The van der Waals surface area contributed by atoms with Crippen LogP contribution in [0.15, 0.2) is 0 Å². The molecular formula is C20H43NO3. The Balaban J connectivity index is 0. The van der Waals surface area contributed by atoms with Gasteiger partial charge in [0.1, 0.15) is 0 Å². The zero-order valence-electron chi connectivity index (χ0n) is 16.6. The van der Waals surface area contributed by atoms with E-state index in [1.54, 1.807) is 0 Å². The van der Waals surface area contributed by atoms with Crippen molar-refractivity contribution in [1.29, 1.82) is 0 Å². The highest BCUT2D eigenvalue weighted by Crippen LogP contribution is 2.12. The second kappa shape index (κ2) is 17.2. The molecular weight excluding hydrogens is 302 g/mol. The van der Waals surface area contributed by atoms with Crippen LogP contribution in [0.1, 0.15) is 96.8 Å². The summed E-state index contributed by atoms with van der Waals surface area (Å²) in [5.74, 6) is -0.663. The van der Waals surface area contributed by atoms with Gasteiger partial charge < -0.3 is 15.1 Å². The first-order valence-corrected chi connectivity index (χ1v) is 10.0. The molecule has 24 heavy (non-hydrogen) atoms. The molecule has 0 aromatic rings. The molecule has 0 spiro atoms. The van der Waals surface area contributed by atoms with Gasteiger partial charge in [-0.15, -0.1) is 0 Å². The minimum absolute atomic E-state index is 0. The number of quaternary nitrogens is 1. The summed E-state index contributed by atoms with van der Waals surface area (Å²) < 4.78 is 1.09. The van der Waals surface area contributed by atoms with Crippen molar-refractivity contribution in [2.75, 3.05) is 27.2 Å². The standard InChI is InChI=1S/C20H41NO2.H2O/c1-4-5-6-7-8-9-10-11-12-15-18-21(2,3)19-16-13-14-17-20(22)23;/h4-19H2,1-3H3;1H2. The fourth-order valence-corrected chi connectivity index (χ4v) is 3.13. The normalized spacial score (nSPS) is 11.3. The maximum absolute atomic E-state index is 10.5. The minimum Gasteiger partial charge on any atom is -0.870 e. The SMILES string of the molecule is CCCCCCCCCCCC[N+](C)(C)CCCCCC(=O)O.[OH-]. The van der Waals surface area contributed by atoms with E-state index in [0.717, 1.165) is 23.7 Å². The zero-order valence-corrected chi connectivity index (χ0v) is 16.6. The smallest absolute Gasteiger partial charge is 0.303 e. The molecule has 0 aromatic heterocycles. The first-order chi connectivity index (χ1) is 11.0. The molecule has 4 heteroatoms. The monoisotopic (exact) mass is 345 g/mol. The molecule has 0 aromatic carbocycles. The number of hydrogen-bond donors (Lipinski definition) is 1. The Morgan fingerprint density at radius 2 is 1.08 bits per heavy atom. The largest absolute Gasteiger partial charge is 0.870 e. The van der Waals surface area contributed by atoms with Crippen molar-refractivity contribution < 1.29 is 19.9 Å². The van der Waals surface area contributed by atoms with E-state index in [9.17, 15) is 4.79 Å². The number of carboxylic acids is 1. The topological polar surface area (TPSA) is 67.3 Å². The summed E-state index contributed by atoms with van der Waals surface area (Å²) in [6, 6.07) is 0. The van der Waals surface area contributed by atoms with Crippen molar-refractivity contribution in [3.63, 3.8) is 0 Å². The van der Waals surface area contributed by atoms with Crippen molar-refractivity contribution in [2.45, 2.75) is 96.8 Å². The van der Waals surface area contributed by atoms with Crippen molar-refractivity contribution in [3.8, 4) is 0 Å². The lowest BCUT2D eigenvalue weighted by atomic mass is 10.1. The van der Waals surface area contributed by atoms with Crippen molar-refractivity contribution in [2.24, 2.45) is 0 Å². The molecule has 0 atom stereocenters. The van der Waals surface area contributed by atoms with E-state index in [2.05, 4.69) is 21.0 Å². The summed E-state index contributed by atoms with van der Waals surface area (Å²) in [4.78, 5) is 10.5. The Morgan fingerprint density at radius 3 is 1.50 bits per heavy atom. The van der Waals surface area contributed by atoms with Gasteiger partial charge in [0.2, 0.25) is 0 Å². The molecule has 0 aliphatic carbocycles. The van der Waals surface area contributed by atoms with Crippen LogP contribution in [0.2, 0.25) is 0 Å². The molecule has 0 amide bonds. The van der Waals surface area contributed by atoms with Crippen LogP contribution in [-0.4, -0.2) is 48.2 Å². The van der Waals surface area contributed by atoms with Crippen LogP contribution in [0.5, 0.6) is 0 Å². The van der Waals surface area contributed by atoms with Crippen LogP contribution in [0.4, 0.5) is 0 Å². The molecule has 0 aliphatic rings. The van der Waals surface area contributed by atoms with Crippen LogP contribution in [0.25, 0.3) is 0 Å². The summed E-state index contributed by atoms with van der Waals surface area (Å²) in [5.41, 5.74) is 0. The number of carboxylic acid groups (broad SMARTS) is 1. The van der Waals surface area contributed by atoms with E-state index >= 15 is 0 Å². The zero-order chi connectivity index (χ0) is 17.4. The lowest BCUT2D eigenvalue weighted by Crippen LogP contribution is -2.41. The van der Waals surface area contributed by atoms with Gasteiger partial charge in [-0.25, -0.2) is 0 Å². The Bertz CT molecular complexity index is 280. The van der Waals surface area contributed by atoms with Gasteiger partial charge in [0.25, 0.3) is 0 Å². The molecule has 2 N–H and O–H groups in total. The van der Waals surface area contributed by atoms with Gasteiger partial charge in [0.05, 0.1) is 27.2 Å². The van der Waals surface area contributed by atoms with Crippen molar-refractivity contribution in [3.05, 3.63) is 0 Å². The number of hydrogen-bond acceptors (Lipinski definition) is 2. The molecule has 0 rings (SSSR count). The molecule has 0 saturated heterocycles. The second-order valence-electron chi connectivity index (χ2n) is 7.77. The lowest BCUT2D eigenvalue weighted by molar-refractivity contribution is -0.890. The van der Waals surface area contributed by atoms with E-state index in [1.807, 2.05) is 0 Å². The van der Waals surface area contributed by atoms with Crippen LogP contribution in [0.3, 0.4) is 0 Å². The molecule has 0 saturated carbocycles. The fraction of sp³-hybridized carbons (Fsp3) is 0.950. The highest BCUT2D eigenvalue weighted by atomic mass is 16.4. The van der Waals surface area contributed by atoms with Crippen molar-refractivity contribution >= 4 is 5.97 Å². The van der Waals surface area contributed by atoms with Crippen molar-refractivity contribution in [1.82, 2.24) is 0 Å². The average Bonchev–Trinajstić information content (AvgIpc) is 2.48. The second-order valence-corrected chi connectivity index (χ2v) is 7.77. The minimum atomic E-state index is -0.663. The molecule has 0 unspecified atom stereocenters. The lowest BCUT2D eigenvalue weighted by Gasteiger charge is -2.30. The van der Waals surface area contributed by atoms with Gasteiger partial charge in [-0.3, -0.25) is 4.79 Å². The third-order valence-electron chi connectivity index (χ3n) is 4.77. The number of nitrogens with zero attached hydrogens (tertiary/aromatic N) is 1. The predicted octanol–water partition coefficient (Wildman–Crippen LogP) is 5.45. The highest BCUT2D eigenvalue weighted by Gasteiger charge is 2.13. The molecule has 0 radical (unpaired) electrons. The summed E-state index contributed by atoms with van der Waals surface area (Å²) in [5, 5.41) is 8.63. The molecule has 0 bridgehead atoms. The Hall–Kier alpha value is -0.610. The van der Waals surface area contributed by atoms with Crippen LogP contribution < -0.4 is 0 Å². The van der Waals surface area contributed by atoms with E-state index < -0.39 is 5.97 Å². The molecule has 4 nitrogen and oxygen atoms in total. The Kier molecular flexibility index (Phi) is 18.4. The van der Waals surface area contributed by atoms with Gasteiger partial charge in [0, 0.05) is 6.42 Å². The summed E-state index contributed by atoms with van der Waals surface area (Å²) in [7, 11) is 4.62. The van der Waals surface area contributed by atoms with E-state index in [4.69, 9.17) is 5.11 Å². The quantitative estimate of drug-likeness (QED) is 0.281. The molecule has 0 heterocycles. The Morgan fingerprint density at radius 1 is 0.708 bits per heavy atom. The summed E-state index contributed by atoms with van der Waals surface area (Å²) in [6.07, 6.45) is 17.3. The van der Waals surface area contributed by atoms with Crippen LogP contribution in [0, 0.1) is 0 Å². The molecule has 146 valence electrons. The predicted molar refractivity (Wildman–Crippen MR) is 102 cm³/mol. The van der Waals surface area contributed by atoms with E-state index in [-0.39, 0.29) is 5.48 Å². The third-order valence-corrected chi connectivity index (χ3v) is 4.77. The first-order valence-electron chi connectivity index (χ1n) is 10.0. The number of aliphatic carboxylic acids is 1.